The molecule has 0 unspecified atom stereocenters. The summed E-state index contributed by atoms with van der Waals surface area (Å²) in [7, 11) is -7.77. The minimum absolute atomic E-state index is 0.0339. The Labute approximate surface area is 213 Å². The van der Waals surface area contributed by atoms with E-state index < -0.39 is 25.3 Å². The second kappa shape index (κ2) is 9.22. The summed E-state index contributed by atoms with van der Waals surface area (Å²) in [5, 5.41) is 17.2. The van der Waals surface area contributed by atoms with Crippen LogP contribution in [0.2, 0.25) is 0 Å². The molecule has 36 heavy (non-hydrogen) atoms. The highest BCUT2D eigenvalue weighted by Gasteiger charge is 2.47. The lowest BCUT2D eigenvalue weighted by atomic mass is 10.1. The van der Waals surface area contributed by atoms with Crippen LogP contribution in [0.15, 0.2) is 70.7 Å². The Kier molecular flexibility index (Phi) is 6.22. The minimum atomic E-state index is -3.91. The van der Waals surface area contributed by atoms with E-state index in [2.05, 4.69) is 11.1 Å². The van der Waals surface area contributed by atoms with Gasteiger partial charge >= 0.3 is 0 Å². The van der Waals surface area contributed by atoms with Crippen molar-refractivity contribution in [3.63, 3.8) is 0 Å². The van der Waals surface area contributed by atoms with Gasteiger partial charge in [-0.3, -0.25) is 9.29 Å². The summed E-state index contributed by atoms with van der Waals surface area (Å²) in [5.41, 5.74) is 2.81. The lowest BCUT2D eigenvalue weighted by molar-refractivity contribution is 0.309. The Hall–Kier alpha value is -3.42. The third-order valence-corrected chi connectivity index (χ3v) is 11.2. The van der Waals surface area contributed by atoms with Crippen molar-refractivity contribution in [1.82, 2.24) is 9.29 Å². The largest absolute Gasteiger partial charge is 0.266 e. The van der Waals surface area contributed by atoms with E-state index >= 15 is 0 Å². The fourth-order valence-electron chi connectivity index (χ4n) is 4.15. The molecule has 0 atom stereocenters. The standard InChI is InChI=1S/C24H19N5O4S3/c25-11-17-4-6-19(7-5-17)22-13-27-14-23-24(22)34-9-8-29(23)36(32,33)21-15-28(16-21)35(30,31)20-3-1-2-18(10-20)12-26/h1-7,10,13-14,21H,8-9,15-16H2. The zero-order valence-electron chi connectivity index (χ0n) is 18.8. The number of sulfonamides is 2. The zero-order valence-corrected chi connectivity index (χ0v) is 21.2. The van der Waals surface area contributed by atoms with E-state index in [0.717, 1.165) is 20.3 Å². The Balaban J connectivity index is 1.40. The molecule has 2 aromatic carbocycles. The van der Waals surface area contributed by atoms with Gasteiger partial charge in [0.15, 0.2) is 0 Å². The summed E-state index contributed by atoms with van der Waals surface area (Å²) in [6, 6.07) is 16.7. The van der Waals surface area contributed by atoms with Crippen LogP contribution < -0.4 is 4.31 Å². The minimum Gasteiger partial charge on any atom is -0.266 e. The number of anilines is 1. The van der Waals surface area contributed by atoms with E-state index in [1.807, 2.05) is 6.07 Å². The van der Waals surface area contributed by atoms with Crippen molar-refractivity contribution in [3.05, 3.63) is 72.1 Å². The molecule has 0 saturated carbocycles. The molecule has 5 rings (SSSR count). The fourth-order valence-corrected chi connectivity index (χ4v) is 9.06. The van der Waals surface area contributed by atoms with Gasteiger partial charge in [0, 0.05) is 42.0 Å². The van der Waals surface area contributed by atoms with Crippen LogP contribution in [0.5, 0.6) is 0 Å². The van der Waals surface area contributed by atoms with Gasteiger partial charge in [-0.05, 0) is 35.9 Å². The van der Waals surface area contributed by atoms with Gasteiger partial charge in [-0.25, -0.2) is 16.8 Å². The third kappa shape index (κ3) is 4.12. The lowest BCUT2D eigenvalue weighted by Gasteiger charge is -2.41. The predicted octanol–water partition coefficient (Wildman–Crippen LogP) is 2.81. The number of hydrogen-bond donors (Lipinski definition) is 0. The van der Waals surface area contributed by atoms with Crippen LogP contribution in [0, 0.1) is 22.7 Å². The van der Waals surface area contributed by atoms with Crippen molar-refractivity contribution < 1.29 is 16.8 Å². The van der Waals surface area contributed by atoms with Crippen molar-refractivity contribution >= 4 is 37.5 Å². The average molecular weight is 538 g/mol. The number of benzene rings is 2. The third-order valence-electron chi connectivity index (χ3n) is 6.16. The molecule has 3 aromatic rings. The predicted molar refractivity (Wildman–Crippen MR) is 135 cm³/mol. The summed E-state index contributed by atoms with van der Waals surface area (Å²) in [4.78, 5) is 5.02. The molecular formula is C24H19N5O4S3. The Bertz CT molecular complexity index is 1640. The van der Waals surface area contributed by atoms with Crippen molar-refractivity contribution in [2.24, 2.45) is 0 Å². The van der Waals surface area contributed by atoms with Gasteiger partial charge in [0.2, 0.25) is 20.0 Å². The normalized spacial score (nSPS) is 16.4. The van der Waals surface area contributed by atoms with Crippen molar-refractivity contribution in [1.29, 1.82) is 10.5 Å². The first-order chi connectivity index (χ1) is 17.3. The molecule has 182 valence electrons. The monoisotopic (exact) mass is 537 g/mol. The van der Waals surface area contributed by atoms with Gasteiger partial charge in [0.25, 0.3) is 0 Å². The van der Waals surface area contributed by atoms with Gasteiger partial charge in [-0.1, -0.05) is 18.2 Å². The van der Waals surface area contributed by atoms with E-state index in [9.17, 15) is 16.8 Å². The van der Waals surface area contributed by atoms with Crippen LogP contribution in [0.4, 0.5) is 5.69 Å². The molecule has 3 heterocycles. The second-order valence-corrected chi connectivity index (χ2v) is 13.5. The maximum Gasteiger partial charge on any atom is 0.243 e. The Morgan fingerprint density at radius 3 is 2.36 bits per heavy atom. The maximum atomic E-state index is 13.6. The van der Waals surface area contributed by atoms with Crippen molar-refractivity contribution in [2.45, 2.75) is 15.0 Å². The zero-order chi connectivity index (χ0) is 25.5. The topological polar surface area (TPSA) is 135 Å². The molecule has 9 nitrogen and oxygen atoms in total. The molecule has 0 N–H and O–H groups in total. The number of aromatic nitrogens is 1. The van der Waals surface area contributed by atoms with Crippen LogP contribution >= 0.6 is 11.8 Å². The molecular weight excluding hydrogens is 518 g/mol. The van der Waals surface area contributed by atoms with Crippen LogP contribution in [0.1, 0.15) is 11.1 Å². The van der Waals surface area contributed by atoms with Gasteiger partial charge in [-0.2, -0.15) is 14.8 Å². The molecule has 0 radical (unpaired) electrons. The first-order valence-corrected chi connectivity index (χ1v) is 14.8. The first-order valence-electron chi connectivity index (χ1n) is 10.9. The fraction of sp³-hybridized carbons (Fsp3) is 0.208. The van der Waals surface area contributed by atoms with Crippen LogP contribution in [0.3, 0.4) is 0 Å². The number of pyridine rings is 1. The van der Waals surface area contributed by atoms with E-state index in [-0.39, 0.29) is 30.1 Å². The number of rotatable bonds is 5. The molecule has 12 heteroatoms. The summed E-state index contributed by atoms with van der Waals surface area (Å²) in [5.74, 6) is 0.537. The SMILES string of the molecule is N#Cc1ccc(-c2cncc3c2SCCN3S(=O)(=O)C2CN(S(=O)(=O)c3cccc(C#N)c3)C2)cc1. The number of nitrogens with zero attached hydrogens (tertiary/aromatic N) is 5. The summed E-state index contributed by atoms with van der Waals surface area (Å²) in [6.45, 7) is -0.0711. The smallest absolute Gasteiger partial charge is 0.243 e. The molecule has 2 aliphatic rings. The second-order valence-electron chi connectivity index (χ2n) is 8.27. The van der Waals surface area contributed by atoms with Crippen LogP contribution in [-0.4, -0.2) is 56.8 Å². The van der Waals surface area contributed by atoms with E-state index in [1.165, 1.54) is 46.5 Å². The van der Waals surface area contributed by atoms with Gasteiger partial charge in [-0.15, -0.1) is 11.8 Å². The van der Waals surface area contributed by atoms with E-state index in [4.69, 9.17) is 10.5 Å². The molecule has 0 amide bonds. The summed E-state index contributed by atoms with van der Waals surface area (Å²) < 4.78 is 55.5. The molecule has 0 spiro atoms. The van der Waals surface area contributed by atoms with Crippen LogP contribution in [-0.2, 0) is 20.0 Å². The Morgan fingerprint density at radius 2 is 1.67 bits per heavy atom. The van der Waals surface area contributed by atoms with Gasteiger partial charge in [0.1, 0.15) is 5.25 Å². The molecule has 1 fully saturated rings. The molecule has 1 aromatic heterocycles. The summed E-state index contributed by atoms with van der Waals surface area (Å²) >= 11 is 1.54. The van der Waals surface area contributed by atoms with Crippen molar-refractivity contribution in [3.8, 4) is 23.3 Å². The molecule has 2 aliphatic heterocycles. The molecule has 0 aliphatic carbocycles. The number of fused-ring (bicyclic) bond motifs is 1. The first kappa shape index (κ1) is 24.3. The maximum absolute atomic E-state index is 13.6. The van der Waals surface area contributed by atoms with E-state index in [1.54, 1.807) is 30.5 Å². The molecule has 1 saturated heterocycles. The van der Waals surface area contributed by atoms with Crippen LogP contribution in [0.25, 0.3) is 11.1 Å². The lowest BCUT2D eigenvalue weighted by Crippen LogP contribution is -2.60. The number of nitriles is 2. The summed E-state index contributed by atoms with van der Waals surface area (Å²) in [6.07, 6.45) is 3.20. The van der Waals surface area contributed by atoms with Gasteiger partial charge < -0.3 is 0 Å². The number of thioether (sulfide) groups is 1. The van der Waals surface area contributed by atoms with Crippen molar-refractivity contribution in [2.75, 3.05) is 29.7 Å². The Morgan fingerprint density at radius 1 is 0.944 bits per heavy atom. The molecule has 0 bridgehead atoms. The average Bonchev–Trinajstić information content (AvgIpc) is 2.86. The number of hydrogen-bond acceptors (Lipinski definition) is 8. The highest BCUT2D eigenvalue weighted by molar-refractivity contribution is 8.00. The highest BCUT2D eigenvalue weighted by Crippen LogP contribution is 2.43. The van der Waals surface area contributed by atoms with E-state index in [0.29, 0.717) is 17.0 Å². The van der Waals surface area contributed by atoms with Gasteiger partial charge in [0.05, 0.1) is 40.0 Å². The quantitative estimate of drug-likeness (QED) is 0.485. The highest BCUT2D eigenvalue weighted by atomic mass is 32.2.